The van der Waals surface area contributed by atoms with E-state index >= 15 is 0 Å². The molecule has 1 heterocycles. The Balaban J connectivity index is 2.36. The summed E-state index contributed by atoms with van der Waals surface area (Å²) in [6, 6.07) is 6.21. The number of benzene rings is 1. The summed E-state index contributed by atoms with van der Waals surface area (Å²) in [6.07, 6.45) is 0.697. The molecule has 2 aromatic rings. The molecule has 0 atom stereocenters. The fourth-order valence-electron chi connectivity index (χ4n) is 1.56. The van der Waals surface area contributed by atoms with Crippen molar-refractivity contribution in [3.05, 3.63) is 41.5 Å². The molecule has 0 aliphatic rings. The lowest BCUT2D eigenvalue weighted by Gasteiger charge is -2.11. The molecule has 1 aromatic carbocycles. The molecule has 4 nitrogen and oxygen atoms in total. The van der Waals surface area contributed by atoms with E-state index in [-0.39, 0.29) is 5.82 Å². The van der Waals surface area contributed by atoms with Gasteiger partial charge in [0.25, 0.3) is 0 Å². The topological polar surface area (TPSA) is 63.8 Å². The minimum atomic E-state index is -0.296. The molecule has 0 amide bonds. The summed E-state index contributed by atoms with van der Waals surface area (Å²) in [4.78, 5) is 8.52. The molecule has 2 rings (SSSR count). The number of rotatable bonds is 3. The van der Waals surface area contributed by atoms with Crippen LogP contribution in [0.25, 0.3) is 0 Å². The van der Waals surface area contributed by atoms with E-state index in [1.807, 2.05) is 13.8 Å². The minimum absolute atomic E-state index is 0.296. The Hall–Kier alpha value is -2.17. The van der Waals surface area contributed by atoms with Gasteiger partial charge in [0.1, 0.15) is 23.3 Å². The standard InChI is InChI=1S/C13H15FN4/c1-3-11-17-12(15)8(2)13(18-11)16-10-6-4-5-9(14)7-10/h4-7H,3H2,1-2H3,(H3,15,16,17,18). The third kappa shape index (κ3) is 2.56. The summed E-state index contributed by atoms with van der Waals surface area (Å²) in [5.74, 6) is 1.43. The Morgan fingerprint density at radius 3 is 2.78 bits per heavy atom. The molecule has 18 heavy (non-hydrogen) atoms. The van der Waals surface area contributed by atoms with Gasteiger partial charge in [-0.2, -0.15) is 0 Å². The van der Waals surface area contributed by atoms with Crippen LogP contribution in [0.2, 0.25) is 0 Å². The van der Waals surface area contributed by atoms with E-state index in [1.165, 1.54) is 12.1 Å². The fraction of sp³-hybridized carbons (Fsp3) is 0.231. The second-order valence-corrected chi connectivity index (χ2v) is 3.99. The van der Waals surface area contributed by atoms with Gasteiger partial charge in [0.05, 0.1) is 0 Å². The molecular formula is C13H15FN4. The van der Waals surface area contributed by atoms with Crippen LogP contribution in [-0.2, 0) is 6.42 Å². The smallest absolute Gasteiger partial charge is 0.139 e. The zero-order valence-corrected chi connectivity index (χ0v) is 10.4. The van der Waals surface area contributed by atoms with Crippen LogP contribution in [0.15, 0.2) is 24.3 Å². The van der Waals surface area contributed by atoms with Crippen molar-refractivity contribution in [2.45, 2.75) is 20.3 Å². The van der Waals surface area contributed by atoms with E-state index < -0.39 is 0 Å². The number of nitrogens with two attached hydrogens (primary N) is 1. The van der Waals surface area contributed by atoms with Crippen molar-refractivity contribution in [3.8, 4) is 0 Å². The SMILES string of the molecule is CCc1nc(N)c(C)c(Nc2cccc(F)c2)n1. The number of nitrogens with one attached hydrogen (secondary N) is 1. The third-order valence-corrected chi connectivity index (χ3v) is 2.63. The number of anilines is 3. The van der Waals surface area contributed by atoms with Gasteiger partial charge >= 0.3 is 0 Å². The Morgan fingerprint density at radius 1 is 1.33 bits per heavy atom. The monoisotopic (exact) mass is 246 g/mol. The first-order chi connectivity index (χ1) is 8.60. The predicted molar refractivity (Wildman–Crippen MR) is 70.2 cm³/mol. The maximum atomic E-state index is 13.1. The molecule has 5 heteroatoms. The number of nitrogen functional groups attached to an aromatic ring is 1. The van der Waals surface area contributed by atoms with Crippen molar-refractivity contribution >= 4 is 17.3 Å². The van der Waals surface area contributed by atoms with E-state index in [4.69, 9.17) is 5.73 Å². The van der Waals surface area contributed by atoms with Crippen molar-refractivity contribution in [1.82, 2.24) is 9.97 Å². The van der Waals surface area contributed by atoms with Crippen LogP contribution in [0.5, 0.6) is 0 Å². The number of halogens is 1. The van der Waals surface area contributed by atoms with Crippen LogP contribution in [-0.4, -0.2) is 9.97 Å². The lowest BCUT2D eigenvalue weighted by molar-refractivity contribution is 0.628. The maximum Gasteiger partial charge on any atom is 0.139 e. The van der Waals surface area contributed by atoms with Gasteiger partial charge < -0.3 is 11.1 Å². The molecule has 0 bridgehead atoms. The van der Waals surface area contributed by atoms with Crippen molar-refractivity contribution in [2.24, 2.45) is 0 Å². The minimum Gasteiger partial charge on any atom is -0.383 e. The van der Waals surface area contributed by atoms with Gasteiger partial charge in [-0.3, -0.25) is 0 Å². The molecule has 0 saturated heterocycles. The summed E-state index contributed by atoms with van der Waals surface area (Å²) < 4.78 is 13.1. The van der Waals surface area contributed by atoms with E-state index in [9.17, 15) is 4.39 Å². The first kappa shape index (κ1) is 12.3. The largest absolute Gasteiger partial charge is 0.383 e. The molecule has 0 saturated carbocycles. The average Bonchev–Trinajstić information content (AvgIpc) is 2.34. The zero-order valence-electron chi connectivity index (χ0n) is 10.4. The summed E-state index contributed by atoms with van der Waals surface area (Å²) in [6.45, 7) is 3.78. The molecule has 0 radical (unpaired) electrons. The summed E-state index contributed by atoms with van der Waals surface area (Å²) in [7, 11) is 0. The van der Waals surface area contributed by atoms with Crippen LogP contribution in [0.3, 0.4) is 0 Å². The molecule has 0 spiro atoms. The van der Waals surface area contributed by atoms with Crippen molar-refractivity contribution in [3.63, 3.8) is 0 Å². The normalized spacial score (nSPS) is 10.4. The highest BCUT2D eigenvalue weighted by Gasteiger charge is 2.08. The Bertz CT molecular complexity index is 569. The molecule has 3 N–H and O–H groups in total. The summed E-state index contributed by atoms with van der Waals surface area (Å²) in [5.41, 5.74) is 7.21. The van der Waals surface area contributed by atoms with Crippen LogP contribution in [0.4, 0.5) is 21.7 Å². The highest BCUT2D eigenvalue weighted by Crippen LogP contribution is 2.22. The van der Waals surface area contributed by atoms with Crippen LogP contribution >= 0.6 is 0 Å². The van der Waals surface area contributed by atoms with Crippen molar-refractivity contribution < 1.29 is 4.39 Å². The average molecular weight is 246 g/mol. The third-order valence-electron chi connectivity index (χ3n) is 2.63. The number of aryl methyl sites for hydroxylation is 1. The van der Waals surface area contributed by atoms with Gasteiger partial charge in [-0.1, -0.05) is 13.0 Å². The van der Waals surface area contributed by atoms with Gasteiger partial charge in [-0.05, 0) is 25.1 Å². The van der Waals surface area contributed by atoms with Gasteiger partial charge in [0, 0.05) is 17.7 Å². The van der Waals surface area contributed by atoms with E-state index in [1.54, 1.807) is 12.1 Å². The van der Waals surface area contributed by atoms with Crippen LogP contribution < -0.4 is 11.1 Å². The molecular weight excluding hydrogens is 231 g/mol. The Kier molecular flexibility index (Phi) is 3.41. The van der Waals surface area contributed by atoms with Gasteiger partial charge in [0.15, 0.2) is 0 Å². The Labute approximate surface area is 105 Å². The molecule has 0 unspecified atom stereocenters. The second kappa shape index (κ2) is 5.00. The number of nitrogens with zero attached hydrogens (tertiary/aromatic N) is 2. The zero-order chi connectivity index (χ0) is 13.1. The Morgan fingerprint density at radius 2 is 2.11 bits per heavy atom. The molecule has 94 valence electrons. The maximum absolute atomic E-state index is 13.1. The first-order valence-electron chi connectivity index (χ1n) is 5.75. The van der Waals surface area contributed by atoms with Crippen LogP contribution in [0.1, 0.15) is 18.3 Å². The number of aromatic nitrogens is 2. The lowest BCUT2D eigenvalue weighted by atomic mass is 10.2. The number of hydrogen-bond donors (Lipinski definition) is 2. The van der Waals surface area contributed by atoms with E-state index in [0.717, 1.165) is 5.56 Å². The summed E-state index contributed by atoms with van der Waals surface area (Å²) >= 11 is 0. The quantitative estimate of drug-likeness (QED) is 0.874. The lowest BCUT2D eigenvalue weighted by Crippen LogP contribution is -2.06. The highest BCUT2D eigenvalue weighted by molar-refractivity contribution is 5.63. The molecule has 1 aromatic heterocycles. The predicted octanol–water partition coefficient (Wildman–Crippen LogP) is 2.81. The fourth-order valence-corrected chi connectivity index (χ4v) is 1.56. The summed E-state index contributed by atoms with van der Waals surface area (Å²) in [5, 5.41) is 3.06. The van der Waals surface area contributed by atoms with E-state index in [0.29, 0.717) is 29.6 Å². The molecule has 0 fully saturated rings. The van der Waals surface area contributed by atoms with Crippen molar-refractivity contribution in [2.75, 3.05) is 11.1 Å². The first-order valence-corrected chi connectivity index (χ1v) is 5.75. The molecule has 0 aliphatic heterocycles. The second-order valence-electron chi connectivity index (χ2n) is 3.99. The highest BCUT2D eigenvalue weighted by atomic mass is 19.1. The molecule has 0 aliphatic carbocycles. The van der Waals surface area contributed by atoms with Crippen LogP contribution in [0, 0.1) is 12.7 Å². The van der Waals surface area contributed by atoms with Crippen molar-refractivity contribution in [1.29, 1.82) is 0 Å². The van der Waals surface area contributed by atoms with Gasteiger partial charge in [-0.15, -0.1) is 0 Å². The number of hydrogen-bond acceptors (Lipinski definition) is 4. The van der Waals surface area contributed by atoms with Gasteiger partial charge in [0.2, 0.25) is 0 Å². The van der Waals surface area contributed by atoms with E-state index in [2.05, 4.69) is 15.3 Å². The van der Waals surface area contributed by atoms with Gasteiger partial charge in [-0.25, -0.2) is 14.4 Å².